The molecule has 0 atom stereocenters. The van der Waals surface area contributed by atoms with E-state index in [0.29, 0.717) is 18.6 Å². The Hall–Kier alpha value is -1.70. The quantitative estimate of drug-likeness (QED) is 0.390. The highest BCUT2D eigenvalue weighted by Gasteiger charge is 2.08. The largest absolute Gasteiger partial charge is 0.507 e. The molecular weight excluding hydrogens is 234 g/mol. The van der Waals surface area contributed by atoms with Gasteiger partial charge in [0.05, 0.1) is 0 Å². The monoisotopic (exact) mass is 259 g/mol. The summed E-state index contributed by atoms with van der Waals surface area (Å²) in [5.74, 6) is 0.374. The Bertz CT molecular complexity index is 392. The van der Waals surface area contributed by atoms with E-state index in [1.165, 1.54) is 19.3 Å². The maximum atomic E-state index is 10.2. The second-order valence-electron chi connectivity index (χ2n) is 4.76. The third-order valence-corrected chi connectivity index (χ3v) is 3.11. The maximum Gasteiger partial charge on any atom is 0.122 e. The van der Waals surface area contributed by atoms with Crippen LogP contribution >= 0.6 is 0 Å². The summed E-state index contributed by atoms with van der Waals surface area (Å²) in [6.45, 7) is 10.6. The summed E-state index contributed by atoms with van der Waals surface area (Å²) in [7, 11) is 0. The number of rotatable bonds is 9. The molecule has 0 aromatic heterocycles. The van der Waals surface area contributed by atoms with E-state index in [4.69, 9.17) is 0 Å². The Kier molecular flexibility index (Phi) is 6.80. The molecule has 0 amide bonds. The minimum Gasteiger partial charge on any atom is -0.507 e. The van der Waals surface area contributed by atoms with E-state index in [9.17, 15) is 5.11 Å². The summed E-state index contributed by atoms with van der Waals surface area (Å²) in [6, 6.07) is 4.02. The lowest BCUT2D eigenvalue weighted by Gasteiger charge is -2.13. The second kappa shape index (κ2) is 8.41. The van der Waals surface area contributed by atoms with Gasteiger partial charge in [-0.2, -0.15) is 0 Å². The van der Waals surface area contributed by atoms with E-state index in [2.05, 4.69) is 25.4 Å². The van der Waals surface area contributed by atoms with Crippen molar-refractivity contribution < 1.29 is 5.11 Å². The van der Waals surface area contributed by atoms with Gasteiger partial charge in [0.2, 0.25) is 0 Å². The number of hydrogen-bond acceptors (Lipinski definition) is 2. The minimum absolute atomic E-state index is 0.374. The number of benzene rings is 1. The number of anilines is 1. The maximum absolute atomic E-state index is 10.2. The van der Waals surface area contributed by atoms with Crippen molar-refractivity contribution in [2.45, 2.75) is 39.0 Å². The second-order valence-corrected chi connectivity index (χ2v) is 4.76. The van der Waals surface area contributed by atoms with E-state index in [1.54, 1.807) is 0 Å². The number of phenolic OH excluding ortho intramolecular Hbond substituents is 1. The average Bonchev–Trinajstić information content (AvgIpc) is 2.40. The van der Waals surface area contributed by atoms with Gasteiger partial charge in [0.1, 0.15) is 5.75 Å². The highest BCUT2D eigenvalue weighted by atomic mass is 16.3. The molecule has 1 aromatic rings. The van der Waals surface area contributed by atoms with Gasteiger partial charge in [-0.05, 0) is 42.5 Å². The Morgan fingerprint density at radius 2 is 1.68 bits per heavy atom. The zero-order valence-electron chi connectivity index (χ0n) is 11.9. The number of nitrogens with one attached hydrogen (secondary N) is 1. The molecule has 0 spiro atoms. The molecule has 0 saturated heterocycles. The van der Waals surface area contributed by atoms with Crippen LogP contribution in [-0.2, 0) is 12.8 Å². The predicted octanol–water partition coefficient (Wildman–Crippen LogP) is 4.45. The molecule has 1 aromatic carbocycles. The van der Waals surface area contributed by atoms with Gasteiger partial charge in [-0.1, -0.05) is 31.9 Å². The summed E-state index contributed by atoms with van der Waals surface area (Å²) >= 11 is 0. The summed E-state index contributed by atoms with van der Waals surface area (Å²) in [5.41, 5.74) is 2.92. The normalized spacial score (nSPS) is 10.2. The molecular formula is C17H25NO. The average molecular weight is 259 g/mol. The third-order valence-electron chi connectivity index (χ3n) is 3.11. The molecule has 2 N–H and O–H groups in total. The Labute approximate surface area is 116 Å². The first-order valence-corrected chi connectivity index (χ1v) is 7.03. The minimum atomic E-state index is 0.374. The van der Waals surface area contributed by atoms with Crippen LogP contribution < -0.4 is 5.32 Å². The third kappa shape index (κ3) is 4.82. The highest BCUT2D eigenvalue weighted by molar-refractivity contribution is 5.56. The van der Waals surface area contributed by atoms with E-state index >= 15 is 0 Å². The molecule has 0 unspecified atom stereocenters. The van der Waals surface area contributed by atoms with Crippen molar-refractivity contribution in [3.63, 3.8) is 0 Å². The first-order chi connectivity index (χ1) is 9.22. The lowest BCUT2D eigenvalue weighted by molar-refractivity contribution is 0.464. The van der Waals surface area contributed by atoms with Crippen LogP contribution in [-0.4, -0.2) is 11.7 Å². The van der Waals surface area contributed by atoms with Gasteiger partial charge < -0.3 is 10.4 Å². The molecule has 0 heterocycles. The van der Waals surface area contributed by atoms with Crippen molar-refractivity contribution in [3.05, 3.63) is 48.6 Å². The number of aromatic hydroxyl groups is 1. The summed E-state index contributed by atoms with van der Waals surface area (Å²) < 4.78 is 0. The smallest absolute Gasteiger partial charge is 0.122 e. The van der Waals surface area contributed by atoms with Gasteiger partial charge in [-0.15, -0.1) is 13.2 Å². The molecule has 0 bridgehead atoms. The fourth-order valence-electron chi connectivity index (χ4n) is 2.09. The van der Waals surface area contributed by atoms with Crippen LogP contribution in [0, 0.1) is 0 Å². The lowest BCUT2D eigenvalue weighted by Crippen LogP contribution is -2.03. The van der Waals surface area contributed by atoms with Crippen molar-refractivity contribution in [2.24, 2.45) is 0 Å². The Morgan fingerprint density at radius 3 is 2.16 bits per heavy atom. The number of phenols is 1. The first-order valence-electron chi connectivity index (χ1n) is 7.03. The molecule has 2 nitrogen and oxygen atoms in total. The molecule has 0 saturated carbocycles. The van der Waals surface area contributed by atoms with E-state index in [0.717, 1.165) is 23.4 Å². The fraction of sp³-hybridized carbons (Fsp3) is 0.412. The van der Waals surface area contributed by atoms with E-state index in [1.807, 2.05) is 24.3 Å². The molecule has 0 fully saturated rings. The van der Waals surface area contributed by atoms with Crippen LogP contribution in [0.1, 0.15) is 37.3 Å². The molecule has 104 valence electrons. The number of hydrogen-bond donors (Lipinski definition) is 2. The summed E-state index contributed by atoms with van der Waals surface area (Å²) in [6.07, 6.45) is 8.62. The van der Waals surface area contributed by atoms with Gasteiger partial charge in [-0.3, -0.25) is 0 Å². The van der Waals surface area contributed by atoms with E-state index < -0.39 is 0 Å². The summed E-state index contributed by atoms with van der Waals surface area (Å²) in [4.78, 5) is 0. The zero-order chi connectivity index (χ0) is 14.1. The highest BCUT2D eigenvalue weighted by Crippen LogP contribution is 2.28. The van der Waals surface area contributed by atoms with Gasteiger partial charge in [0.25, 0.3) is 0 Å². The van der Waals surface area contributed by atoms with Gasteiger partial charge >= 0.3 is 0 Å². The van der Waals surface area contributed by atoms with Crippen LogP contribution in [0.25, 0.3) is 0 Å². The van der Waals surface area contributed by atoms with Gasteiger partial charge in [0, 0.05) is 12.2 Å². The molecule has 1 rings (SSSR count). The Morgan fingerprint density at radius 1 is 1.11 bits per heavy atom. The van der Waals surface area contributed by atoms with Crippen molar-refractivity contribution in [3.8, 4) is 5.75 Å². The van der Waals surface area contributed by atoms with Crippen molar-refractivity contribution in [1.29, 1.82) is 0 Å². The van der Waals surface area contributed by atoms with Crippen LogP contribution in [0.2, 0.25) is 0 Å². The van der Waals surface area contributed by atoms with Crippen molar-refractivity contribution >= 4 is 5.69 Å². The topological polar surface area (TPSA) is 32.3 Å². The molecule has 2 heteroatoms. The fourth-order valence-corrected chi connectivity index (χ4v) is 2.09. The van der Waals surface area contributed by atoms with Crippen molar-refractivity contribution in [1.82, 2.24) is 0 Å². The molecule has 0 aliphatic heterocycles. The molecule has 0 radical (unpaired) electrons. The zero-order valence-corrected chi connectivity index (χ0v) is 11.9. The SMILES string of the molecule is C=CCc1cc(NCCCCC)cc(CC=C)c1O. The van der Waals surface area contributed by atoms with Gasteiger partial charge in [0.15, 0.2) is 0 Å². The van der Waals surface area contributed by atoms with Gasteiger partial charge in [-0.25, -0.2) is 0 Å². The van der Waals surface area contributed by atoms with Crippen molar-refractivity contribution in [2.75, 3.05) is 11.9 Å². The molecule has 0 aliphatic rings. The Balaban J connectivity index is 2.84. The summed E-state index contributed by atoms with van der Waals surface area (Å²) in [5, 5.41) is 13.6. The van der Waals surface area contributed by atoms with Crippen LogP contribution in [0.5, 0.6) is 5.75 Å². The number of allylic oxidation sites excluding steroid dienone is 2. The predicted molar refractivity (Wildman–Crippen MR) is 83.9 cm³/mol. The number of unbranched alkanes of at least 4 members (excludes halogenated alkanes) is 2. The molecule has 19 heavy (non-hydrogen) atoms. The molecule has 0 aliphatic carbocycles. The first kappa shape index (κ1) is 15.4. The van der Waals surface area contributed by atoms with Crippen LogP contribution in [0.4, 0.5) is 5.69 Å². The van der Waals surface area contributed by atoms with E-state index in [-0.39, 0.29) is 0 Å². The van der Waals surface area contributed by atoms with Crippen LogP contribution in [0.15, 0.2) is 37.4 Å². The standard InChI is InChI=1S/C17H25NO/c1-4-7-8-11-18-16-12-14(9-5-2)17(19)15(13-16)10-6-3/h5-6,12-13,18-19H,2-4,7-11H2,1H3. The van der Waals surface area contributed by atoms with Crippen LogP contribution in [0.3, 0.4) is 0 Å². The lowest BCUT2D eigenvalue weighted by atomic mass is 10.0.